The number of rotatable bonds is 9. The zero-order valence-electron chi connectivity index (χ0n) is 28.7. The van der Waals surface area contributed by atoms with Gasteiger partial charge in [-0.25, -0.2) is 13.8 Å². The molecule has 46 heavy (non-hydrogen) atoms. The second-order valence-corrected chi connectivity index (χ2v) is 11.0. The van der Waals surface area contributed by atoms with Crippen molar-refractivity contribution in [2.24, 2.45) is 22.8 Å². The average Bonchev–Trinajstić information content (AvgIpc) is 3.83. The van der Waals surface area contributed by atoms with Crippen LogP contribution in [0.2, 0.25) is 0 Å². The Hall–Kier alpha value is -3.85. The molecule has 0 spiro atoms. The molecule has 4 N–H and O–H groups in total. The number of hydrogen-bond acceptors (Lipinski definition) is 8. The number of amides is 1. The number of imidazole rings is 1. The summed E-state index contributed by atoms with van der Waals surface area (Å²) in [6.45, 7) is 17.5. The molecule has 9 nitrogen and oxygen atoms in total. The molecule has 0 bridgehead atoms. The van der Waals surface area contributed by atoms with Crippen LogP contribution in [-0.4, -0.2) is 51.1 Å². The topological polar surface area (TPSA) is 123 Å². The molecule has 12 heteroatoms. The Morgan fingerprint density at radius 1 is 1.20 bits per heavy atom. The Balaban J connectivity index is 0.00000166. The number of thioether (sulfide) groups is 1. The Labute approximate surface area is 276 Å². The maximum Gasteiger partial charge on any atom is 0.261 e. The van der Waals surface area contributed by atoms with E-state index in [1.807, 2.05) is 55.4 Å². The van der Waals surface area contributed by atoms with E-state index in [2.05, 4.69) is 32.6 Å². The molecule has 0 aromatic carbocycles. The van der Waals surface area contributed by atoms with Gasteiger partial charge in [0.15, 0.2) is 10.8 Å². The zero-order valence-corrected chi connectivity index (χ0v) is 29.5. The molecule has 1 aliphatic carbocycles. The average molecular weight is 661 g/mol. The third kappa shape index (κ3) is 10.9. The van der Waals surface area contributed by atoms with Crippen LogP contribution in [0.4, 0.5) is 8.78 Å². The number of hydrogen-bond donors (Lipinski definition) is 3. The molecular formula is C34H50F2N6O3S. The van der Waals surface area contributed by atoms with Gasteiger partial charge < -0.3 is 25.6 Å². The number of Topliss-reactive ketones (excluding diaryl/α,β-unsaturated/α-hetero) is 1. The van der Waals surface area contributed by atoms with Crippen LogP contribution in [0.5, 0.6) is 0 Å². The molecule has 2 aromatic rings. The molecule has 254 valence electrons. The number of ether oxygens (including phenoxy) is 1. The van der Waals surface area contributed by atoms with Gasteiger partial charge >= 0.3 is 0 Å². The minimum atomic E-state index is -2.69. The number of pyridine rings is 1. The van der Waals surface area contributed by atoms with Crippen molar-refractivity contribution < 1.29 is 23.1 Å². The van der Waals surface area contributed by atoms with Crippen LogP contribution in [0.3, 0.4) is 0 Å². The van der Waals surface area contributed by atoms with Crippen molar-refractivity contribution in [1.82, 2.24) is 20.0 Å². The molecule has 2 aromatic heterocycles. The first kappa shape index (κ1) is 40.2. The summed E-state index contributed by atoms with van der Waals surface area (Å²) in [4.78, 5) is 30.9. The minimum absolute atomic E-state index is 0.124. The SMILES string of the molecule is CC.CC.CC.CCC(C)C(=O)c1cn2cc(C3=CC(C(F)F)NC=C3OC)c(C(=O)NC(C)S/C(C#CC3CC3)=N\N)cc2n1. The van der Waals surface area contributed by atoms with Gasteiger partial charge in [0.25, 0.3) is 12.3 Å². The highest BCUT2D eigenvalue weighted by Gasteiger charge is 2.28. The van der Waals surface area contributed by atoms with Crippen LogP contribution in [0.25, 0.3) is 11.2 Å². The Kier molecular flexibility index (Phi) is 17.7. The lowest BCUT2D eigenvalue weighted by atomic mass is 9.96. The number of dihydropyridines is 1. The van der Waals surface area contributed by atoms with E-state index in [0.717, 1.165) is 12.8 Å². The third-order valence-corrected chi connectivity index (χ3v) is 7.55. The number of nitrogens with zero attached hydrogens (tertiary/aromatic N) is 3. The Bertz CT molecular complexity index is 1450. The predicted molar refractivity (Wildman–Crippen MR) is 186 cm³/mol. The first-order valence-electron chi connectivity index (χ1n) is 16.0. The van der Waals surface area contributed by atoms with Crippen LogP contribution >= 0.6 is 11.8 Å². The van der Waals surface area contributed by atoms with Crippen LogP contribution in [0, 0.1) is 23.7 Å². The monoisotopic (exact) mass is 660 g/mol. The van der Waals surface area contributed by atoms with Gasteiger partial charge in [-0.2, -0.15) is 5.10 Å². The molecule has 1 fully saturated rings. The highest BCUT2D eigenvalue weighted by molar-refractivity contribution is 8.15. The van der Waals surface area contributed by atoms with Crippen LogP contribution in [0.1, 0.15) is 108 Å². The van der Waals surface area contributed by atoms with Gasteiger partial charge in [-0.05, 0) is 44.2 Å². The molecule has 4 rings (SSSR count). The van der Waals surface area contributed by atoms with Gasteiger partial charge in [0, 0.05) is 41.6 Å². The quantitative estimate of drug-likeness (QED) is 0.0493. The number of carbonyl (C=O) groups excluding carboxylic acids is 2. The second kappa shape index (κ2) is 20.3. The molecule has 1 amide bonds. The number of hydrazone groups is 1. The number of aromatic nitrogens is 2. The number of ketones is 1. The van der Waals surface area contributed by atoms with E-state index in [0.29, 0.717) is 34.2 Å². The number of nitrogens with one attached hydrogen (secondary N) is 2. The third-order valence-electron chi connectivity index (χ3n) is 6.65. The maximum atomic E-state index is 13.7. The summed E-state index contributed by atoms with van der Waals surface area (Å²) in [5.74, 6) is 11.3. The summed E-state index contributed by atoms with van der Waals surface area (Å²) in [6.07, 6.45) is 5.93. The Morgan fingerprint density at radius 2 is 1.85 bits per heavy atom. The lowest BCUT2D eigenvalue weighted by molar-refractivity contribution is 0.0921. The largest absolute Gasteiger partial charge is 0.495 e. The van der Waals surface area contributed by atoms with E-state index < -0.39 is 23.7 Å². The molecule has 3 unspecified atom stereocenters. The molecular weight excluding hydrogens is 610 g/mol. The molecule has 0 saturated heterocycles. The highest BCUT2D eigenvalue weighted by atomic mass is 32.2. The fraction of sp³-hybridized carbons (Fsp3) is 0.529. The van der Waals surface area contributed by atoms with Crippen LogP contribution in [0.15, 0.2) is 41.6 Å². The van der Waals surface area contributed by atoms with Crippen molar-refractivity contribution in [3.63, 3.8) is 0 Å². The number of methoxy groups -OCH3 is 1. The van der Waals surface area contributed by atoms with E-state index in [-0.39, 0.29) is 28.7 Å². The summed E-state index contributed by atoms with van der Waals surface area (Å²) < 4.78 is 34.4. The number of allylic oxidation sites excluding steroid dienone is 1. The summed E-state index contributed by atoms with van der Waals surface area (Å²) in [6, 6.07) is 0.252. The van der Waals surface area contributed by atoms with E-state index in [1.165, 1.54) is 37.2 Å². The first-order chi connectivity index (χ1) is 22.1. The number of nitrogens with two attached hydrogens (primary N) is 1. The number of carbonyl (C=O) groups is 2. The van der Waals surface area contributed by atoms with Gasteiger partial charge in [0.1, 0.15) is 23.1 Å². The standard InChI is InChI=1S/C28H32F2N6O3S.3C2H6/c1-5-15(2)26(37)22-14-36-13-20(18-10-21(27(29)30)32-12-23(18)39-4)19(11-24(36)34-22)28(38)33-16(3)40-25(35-31)9-8-17-6-7-17;3*1-2/h10-17,21,27,32H,5-7,31H2,1-4H3,(H,33,38);3*1-2H3/b35-25-;;;. The lowest BCUT2D eigenvalue weighted by Crippen LogP contribution is -2.34. The van der Waals surface area contributed by atoms with Gasteiger partial charge in [-0.3, -0.25) is 9.59 Å². The normalized spacial score (nSPS) is 16.6. The van der Waals surface area contributed by atoms with Gasteiger partial charge in [-0.1, -0.05) is 73.1 Å². The first-order valence-corrected chi connectivity index (χ1v) is 16.9. The second-order valence-electron chi connectivity index (χ2n) is 9.70. The molecule has 1 aliphatic heterocycles. The Morgan fingerprint density at radius 3 is 2.39 bits per heavy atom. The maximum absolute atomic E-state index is 13.7. The zero-order chi connectivity index (χ0) is 35.0. The van der Waals surface area contributed by atoms with Gasteiger partial charge in [-0.15, -0.1) is 0 Å². The summed E-state index contributed by atoms with van der Waals surface area (Å²) in [7, 11) is 1.41. The van der Waals surface area contributed by atoms with Crippen molar-refractivity contribution in [2.75, 3.05) is 7.11 Å². The van der Waals surface area contributed by atoms with E-state index >= 15 is 0 Å². The van der Waals surface area contributed by atoms with Crippen molar-refractivity contribution in [3.05, 3.63) is 53.3 Å². The molecule has 2 aliphatic rings. The van der Waals surface area contributed by atoms with Crippen LogP contribution < -0.4 is 16.5 Å². The smallest absolute Gasteiger partial charge is 0.261 e. The van der Waals surface area contributed by atoms with Gasteiger partial charge in [0.2, 0.25) is 0 Å². The van der Waals surface area contributed by atoms with Crippen LogP contribution in [-0.2, 0) is 4.74 Å². The number of alkyl halides is 2. The van der Waals surface area contributed by atoms with E-state index in [1.54, 1.807) is 23.7 Å². The highest BCUT2D eigenvalue weighted by Crippen LogP contribution is 2.32. The predicted octanol–water partition coefficient (Wildman–Crippen LogP) is 7.24. The lowest BCUT2D eigenvalue weighted by Gasteiger charge is -2.24. The summed E-state index contributed by atoms with van der Waals surface area (Å²) in [5.41, 5.74) is 1.44. The summed E-state index contributed by atoms with van der Waals surface area (Å²) in [5, 5.41) is 9.15. The molecule has 3 heterocycles. The molecule has 1 saturated carbocycles. The van der Waals surface area contributed by atoms with Gasteiger partial charge in [0.05, 0.1) is 18.0 Å². The molecule has 0 radical (unpaired) electrons. The van der Waals surface area contributed by atoms with Crippen molar-refractivity contribution >= 4 is 39.7 Å². The molecule has 3 atom stereocenters. The van der Waals surface area contributed by atoms with Crippen molar-refractivity contribution in [2.45, 2.75) is 99.4 Å². The van der Waals surface area contributed by atoms with Crippen molar-refractivity contribution in [1.29, 1.82) is 0 Å². The number of fused-ring (bicyclic) bond motifs is 1. The minimum Gasteiger partial charge on any atom is -0.495 e. The fourth-order valence-corrected chi connectivity index (χ4v) is 4.71. The van der Waals surface area contributed by atoms with Crippen molar-refractivity contribution in [3.8, 4) is 11.8 Å². The van der Waals surface area contributed by atoms with E-state index in [9.17, 15) is 18.4 Å². The number of halogens is 2. The summed E-state index contributed by atoms with van der Waals surface area (Å²) >= 11 is 1.20. The fourth-order valence-electron chi connectivity index (χ4n) is 4.03. The van der Waals surface area contributed by atoms with E-state index in [4.69, 9.17) is 10.6 Å².